The first-order valence-corrected chi connectivity index (χ1v) is 14.6. The molecule has 0 spiro atoms. The van der Waals surface area contributed by atoms with E-state index in [2.05, 4.69) is 22.3 Å². The molecule has 2 aromatic heterocycles. The molecule has 4 aromatic rings. The van der Waals surface area contributed by atoms with Crippen molar-refractivity contribution in [2.24, 2.45) is 5.92 Å². The lowest BCUT2D eigenvalue weighted by molar-refractivity contribution is -0.137. The molecule has 0 aliphatic rings. The highest BCUT2D eigenvalue weighted by molar-refractivity contribution is 8.00. The van der Waals surface area contributed by atoms with E-state index in [1.807, 2.05) is 45.0 Å². The Morgan fingerprint density at radius 1 is 1.02 bits per heavy atom. The van der Waals surface area contributed by atoms with E-state index in [1.54, 1.807) is 10.9 Å². The van der Waals surface area contributed by atoms with Gasteiger partial charge in [0, 0.05) is 25.0 Å². The van der Waals surface area contributed by atoms with Crippen molar-refractivity contribution in [3.05, 3.63) is 81.8 Å². The van der Waals surface area contributed by atoms with E-state index in [9.17, 15) is 22.8 Å². The van der Waals surface area contributed by atoms with Crippen molar-refractivity contribution in [1.82, 2.24) is 19.3 Å². The van der Waals surface area contributed by atoms with Crippen LogP contribution in [0, 0.1) is 5.92 Å². The molecule has 1 N–H and O–H groups in total. The molecule has 2 aromatic carbocycles. The average Bonchev–Trinajstić information content (AvgIpc) is 3.33. The lowest BCUT2D eigenvalue weighted by Crippen LogP contribution is -2.28. The molecular weight excluding hydrogens is 551 g/mol. The van der Waals surface area contributed by atoms with Gasteiger partial charge in [-0.3, -0.25) is 18.8 Å². The van der Waals surface area contributed by atoms with Crippen molar-refractivity contribution < 1.29 is 18.0 Å². The minimum atomic E-state index is -4.42. The summed E-state index contributed by atoms with van der Waals surface area (Å²) in [5, 5.41) is 7.61. The molecule has 1 atom stereocenters. The number of benzene rings is 2. The number of thioether (sulfide) groups is 1. The van der Waals surface area contributed by atoms with Crippen molar-refractivity contribution >= 4 is 34.4 Å². The van der Waals surface area contributed by atoms with Gasteiger partial charge >= 0.3 is 6.18 Å². The summed E-state index contributed by atoms with van der Waals surface area (Å²) in [7, 11) is 0. The number of alkyl halides is 3. The number of amides is 1. The summed E-state index contributed by atoms with van der Waals surface area (Å²) >= 11 is 1.19. The first-order chi connectivity index (χ1) is 19.5. The summed E-state index contributed by atoms with van der Waals surface area (Å²) < 4.78 is 42.2. The maximum atomic E-state index is 13.7. The van der Waals surface area contributed by atoms with Crippen LogP contribution >= 0.6 is 11.8 Å². The van der Waals surface area contributed by atoms with Crippen LogP contribution in [0.4, 0.5) is 18.9 Å². The first-order valence-electron chi connectivity index (χ1n) is 13.7. The van der Waals surface area contributed by atoms with Crippen LogP contribution in [0.5, 0.6) is 0 Å². The lowest BCUT2D eigenvalue weighted by Gasteiger charge is -2.17. The molecule has 2 heterocycles. The molecule has 0 aliphatic heterocycles. The third kappa shape index (κ3) is 7.58. The maximum absolute atomic E-state index is 13.7. The monoisotopic (exact) mass is 585 g/mol. The summed E-state index contributed by atoms with van der Waals surface area (Å²) in [4.78, 5) is 31.6. The van der Waals surface area contributed by atoms with Crippen molar-refractivity contribution in [1.29, 1.82) is 0 Å². The van der Waals surface area contributed by atoms with Gasteiger partial charge in [0.15, 0.2) is 10.8 Å². The molecule has 0 radical (unpaired) electrons. The smallest absolute Gasteiger partial charge is 0.325 e. The second kappa shape index (κ2) is 12.9. The Morgan fingerprint density at radius 3 is 2.27 bits per heavy atom. The number of nitrogens with zero attached hydrogens (tertiary/aromatic N) is 4. The van der Waals surface area contributed by atoms with Gasteiger partial charge in [-0.15, -0.1) is 0 Å². The number of nitrogens with one attached hydrogen (secondary N) is 1. The molecule has 1 unspecified atom stereocenters. The first kappa shape index (κ1) is 30.4. The Bertz CT molecular complexity index is 1540. The van der Waals surface area contributed by atoms with Crippen molar-refractivity contribution in [2.45, 2.75) is 76.6 Å². The Labute approximate surface area is 241 Å². The van der Waals surface area contributed by atoms with E-state index in [1.165, 1.54) is 28.5 Å². The zero-order valence-corrected chi connectivity index (χ0v) is 24.4. The quantitative estimate of drug-likeness (QED) is 0.159. The Balaban J connectivity index is 1.63. The number of carbonyl (C=O) groups is 1. The van der Waals surface area contributed by atoms with E-state index in [4.69, 9.17) is 0 Å². The van der Waals surface area contributed by atoms with Gasteiger partial charge in [-0.1, -0.05) is 63.7 Å². The predicted octanol–water partition coefficient (Wildman–Crippen LogP) is 6.58. The van der Waals surface area contributed by atoms with E-state index >= 15 is 0 Å². The van der Waals surface area contributed by atoms with Crippen LogP contribution in [0.15, 0.2) is 64.7 Å². The largest absolute Gasteiger partial charge is 0.416 e. The molecule has 0 saturated carbocycles. The molecule has 0 aliphatic carbocycles. The van der Waals surface area contributed by atoms with Crippen molar-refractivity contribution in [3.8, 4) is 0 Å². The molecule has 11 heteroatoms. The second-order valence-corrected chi connectivity index (χ2v) is 11.5. The van der Waals surface area contributed by atoms with Gasteiger partial charge in [0.25, 0.3) is 5.56 Å². The zero-order chi connectivity index (χ0) is 29.7. The number of hydrogen-bond donors (Lipinski definition) is 1. The van der Waals surface area contributed by atoms with Crippen LogP contribution in [-0.2, 0) is 36.9 Å². The van der Waals surface area contributed by atoms with Crippen molar-refractivity contribution in [2.75, 3.05) is 5.32 Å². The summed E-state index contributed by atoms with van der Waals surface area (Å²) in [6, 6.07) is 12.6. The van der Waals surface area contributed by atoms with E-state index in [0.717, 1.165) is 24.1 Å². The number of anilines is 1. The second-order valence-electron chi connectivity index (χ2n) is 10.3. The molecule has 41 heavy (non-hydrogen) atoms. The molecule has 218 valence electrons. The standard InChI is InChI=1S/C30H34F3N5O2S/c1-5-20-9-13-23(14-10-20)34-27(39)25(6-2)41-29-35-26-24(18-37(36-26)17-19(3)4)28(40)38(29)16-15-21-7-11-22(12-8-21)30(31,32)33/h7-14,18-19,25H,5-6,15-17H2,1-4H3,(H,34,39). The molecule has 1 amide bonds. The summed E-state index contributed by atoms with van der Waals surface area (Å²) in [6.07, 6.45) is -1.05. The molecule has 0 fully saturated rings. The fourth-order valence-corrected chi connectivity index (χ4v) is 5.41. The number of halogens is 3. The normalized spacial score (nSPS) is 12.7. The molecule has 0 bridgehead atoms. The van der Waals surface area contributed by atoms with Gasteiger partial charge in [0.05, 0.1) is 10.8 Å². The van der Waals surface area contributed by atoms with Crippen LogP contribution in [0.2, 0.25) is 0 Å². The van der Waals surface area contributed by atoms with Crippen LogP contribution < -0.4 is 10.9 Å². The SMILES string of the molecule is CCc1ccc(NC(=O)C(CC)Sc2nc3nn(CC(C)C)cc3c(=O)n2CCc2ccc(C(F)(F)F)cc2)cc1. The van der Waals surface area contributed by atoms with E-state index < -0.39 is 17.0 Å². The third-order valence-electron chi connectivity index (χ3n) is 6.65. The van der Waals surface area contributed by atoms with Crippen LogP contribution in [0.25, 0.3) is 11.0 Å². The number of hydrogen-bond acceptors (Lipinski definition) is 5. The minimum absolute atomic E-state index is 0.182. The van der Waals surface area contributed by atoms with Gasteiger partial charge < -0.3 is 5.32 Å². The lowest BCUT2D eigenvalue weighted by atomic mass is 10.1. The molecule has 0 saturated heterocycles. The average molecular weight is 586 g/mol. The number of carbonyl (C=O) groups excluding carboxylic acids is 1. The highest BCUT2D eigenvalue weighted by Crippen LogP contribution is 2.30. The van der Waals surface area contributed by atoms with Crippen LogP contribution in [0.1, 0.15) is 50.8 Å². The van der Waals surface area contributed by atoms with Crippen LogP contribution in [-0.4, -0.2) is 30.5 Å². The third-order valence-corrected chi connectivity index (χ3v) is 8.00. The zero-order valence-electron chi connectivity index (χ0n) is 23.5. The summed E-state index contributed by atoms with van der Waals surface area (Å²) in [5.41, 5.74) is 1.77. The van der Waals surface area contributed by atoms with Crippen molar-refractivity contribution in [3.63, 3.8) is 0 Å². The number of aromatic nitrogens is 4. The number of aryl methyl sites for hydroxylation is 2. The van der Waals surface area contributed by atoms with Gasteiger partial charge in [-0.25, -0.2) is 4.98 Å². The summed E-state index contributed by atoms with van der Waals surface area (Å²) in [5.74, 6) is 0.0929. The van der Waals surface area contributed by atoms with Gasteiger partial charge in [-0.2, -0.15) is 18.3 Å². The molecule has 4 rings (SSSR count). The maximum Gasteiger partial charge on any atom is 0.416 e. The Kier molecular flexibility index (Phi) is 9.57. The Hall–Kier alpha value is -3.60. The van der Waals surface area contributed by atoms with Gasteiger partial charge in [0.2, 0.25) is 5.91 Å². The highest BCUT2D eigenvalue weighted by atomic mass is 32.2. The minimum Gasteiger partial charge on any atom is -0.325 e. The van der Waals surface area contributed by atoms with Gasteiger partial charge in [-0.05, 0) is 60.6 Å². The highest BCUT2D eigenvalue weighted by Gasteiger charge is 2.30. The van der Waals surface area contributed by atoms with E-state index in [-0.39, 0.29) is 18.0 Å². The topological polar surface area (TPSA) is 81.8 Å². The Morgan fingerprint density at radius 2 is 1.68 bits per heavy atom. The fourth-order valence-electron chi connectivity index (χ4n) is 4.38. The van der Waals surface area contributed by atoms with Crippen LogP contribution in [0.3, 0.4) is 0 Å². The fraction of sp³-hybridized carbons (Fsp3) is 0.400. The van der Waals surface area contributed by atoms with Gasteiger partial charge in [0.1, 0.15) is 5.39 Å². The summed E-state index contributed by atoms with van der Waals surface area (Å²) in [6.45, 7) is 8.83. The van der Waals surface area contributed by atoms with E-state index in [0.29, 0.717) is 52.7 Å². The number of fused-ring (bicyclic) bond motifs is 1. The predicted molar refractivity (Wildman–Crippen MR) is 156 cm³/mol. The number of rotatable bonds is 11. The molecule has 7 nitrogen and oxygen atoms in total. The molecular formula is C30H34F3N5O2S.